The van der Waals surface area contributed by atoms with Gasteiger partial charge in [0.1, 0.15) is 5.75 Å². The van der Waals surface area contributed by atoms with Crippen LogP contribution >= 0.6 is 0 Å². The van der Waals surface area contributed by atoms with Crippen LogP contribution < -0.4 is 10.1 Å². The first-order chi connectivity index (χ1) is 9.29. The van der Waals surface area contributed by atoms with Gasteiger partial charge < -0.3 is 14.8 Å². The average molecular weight is 264 g/mol. The Bertz CT molecular complexity index is 400. The summed E-state index contributed by atoms with van der Waals surface area (Å²) in [4.78, 5) is 14.2. The van der Waals surface area contributed by atoms with Gasteiger partial charge in [-0.15, -0.1) is 0 Å². The molecule has 1 fully saturated rings. The zero-order valence-corrected chi connectivity index (χ0v) is 11.2. The van der Waals surface area contributed by atoms with Crippen molar-refractivity contribution in [1.29, 1.82) is 0 Å². The molecular weight excluding hydrogens is 244 g/mol. The number of nitrogens with zero attached hydrogens (tertiary/aromatic N) is 1. The minimum Gasteiger partial charge on any atom is -0.497 e. The summed E-state index contributed by atoms with van der Waals surface area (Å²) in [6.07, 6.45) is 0. The largest absolute Gasteiger partial charge is 0.497 e. The molecule has 0 aromatic heterocycles. The SMILES string of the molecule is COc1ccc(C(=O)NCCN2CCOCC2)cc1. The van der Waals surface area contributed by atoms with Crippen molar-refractivity contribution in [3.63, 3.8) is 0 Å². The molecule has 0 spiro atoms. The number of carbonyl (C=O) groups excluding carboxylic acids is 1. The highest BCUT2D eigenvalue weighted by Gasteiger charge is 2.10. The number of benzene rings is 1. The predicted molar refractivity (Wildman–Crippen MR) is 72.6 cm³/mol. The van der Waals surface area contributed by atoms with Gasteiger partial charge in [-0.25, -0.2) is 0 Å². The standard InChI is InChI=1S/C14H20N2O3/c1-18-13-4-2-12(3-5-13)14(17)15-6-7-16-8-10-19-11-9-16/h2-5H,6-11H2,1H3,(H,15,17). The zero-order valence-electron chi connectivity index (χ0n) is 11.2. The van der Waals surface area contributed by atoms with Crippen LogP contribution in [-0.4, -0.2) is 57.3 Å². The smallest absolute Gasteiger partial charge is 0.251 e. The van der Waals surface area contributed by atoms with Crippen molar-refractivity contribution in [2.45, 2.75) is 0 Å². The first-order valence-electron chi connectivity index (χ1n) is 6.52. The van der Waals surface area contributed by atoms with Gasteiger partial charge in [0.2, 0.25) is 0 Å². The molecule has 5 heteroatoms. The first kappa shape index (κ1) is 13.8. The van der Waals surface area contributed by atoms with Crippen LogP contribution in [0.5, 0.6) is 5.75 Å². The molecule has 1 aromatic carbocycles. The van der Waals surface area contributed by atoms with E-state index < -0.39 is 0 Å². The molecule has 1 heterocycles. The van der Waals surface area contributed by atoms with E-state index in [1.54, 1.807) is 31.4 Å². The molecule has 1 amide bonds. The van der Waals surface area contributed by atoms with Gasteiger partial charge in [0, 0.05) is 31.7 Å². The lowest BCUT2D eigenvalue weighted by Gasteiger charge is -2.26. The molecular formula is C14H20N2O3. The average Bonchev–Trinajstić information content (AvgIpc) is 2.48. The molecule has 19 heavy (non-hydrogen) atoms. The summed E-state index contributed by atoms with van der Waals surface area (Å²) in [7, 11) is 1.61. The van der Waals surface area contributed by atoms with Crippen LogP contribution in [-0.2, 0) is 4.74 Å². The Labute approximate surface area is 113 Å². The maximum absolute atomic E-state index is 11.9. The van der Waals surface area contributed by atoms with E-state index in [1.165, 1.54) is 0 Å². The number of methoxy groups -OCH3 is 1. The van der Waals surface area contributed by atoms with Crippen LogP contribution in [0.3, 0.4) is 0 Å². The van der Waals surface area contributed by atoms with Gasteiger partial charge in [0.15, 0.2) is 0 Å². The van der Waals surface area contributed by atoms with Crippen molar-refractivity contribution < 1.29 is 14.3 Å². The van der Waals surface area contributed by atoms with Crippen molar-refractivity contribution in [3.05, 3.63) is 29.8 Å². The summed E-state index contributed by atoms with van der Waals surface area (Å²) in [6, 6.07) is 7.11. The monoisotopic (exact) mass is 264 g/mol. The number of amides is 1. The molecule has 1 aliphatic rings. The second-order valence-corrected chi connectivity index (χ2v) is 4.44. The van der Waals surface area contributed by atoms with E-state index in [0.717, 1.165) is 38.6 Å². The number of hydrogen-bond donors (Lipinski definition) is 1. The molecule has 0 aliphatic carbocycles. The normalized spacial score (nSPS) is 16.1. The fourth-order valence-corrected chi connectivity index (χ4v) is 2.00. The maximum Gasteiger partial charge on any atom is 0.251 e. The molecule has 104 valence electrons. The van der Waals surface area contributed by atoms with Crippen LogP contribution in [0.2, 0.25) is 0 Å². The summed E-state index contributed by atoms with van der Waals surface area (Å²) >= 11 is 0. The van der Waals surface area contributed by atoms with Gasteiger partial charge in [-0.3, -0.25) is 9.69 Å². The molecule has 2 rings (SSSR count). The molecule has 0 atom stereocenters. The molecule has 0 radical (unpaired) electrons. The Hall–Kier alpha value is -1.59. The van der Waals surface area contributed by atoms with Gasteiger partial charge in [-0.2, -0.15) is 0 Å². The molecule has 0 saturated carbocycles. The predicted octanol–water partition coefficient (Wildman–Crippen LogP) is 0.757. The molecule has 1 aromatic rings. The van der Waals surface area contributed by atoms with E-state index in [1.807, 2.05) is 0 Å². The van der Waals surface area contributed by atoms with E-state index in [-0.39, 0.29) is 5.91 Å². The second kappa shape index (κ2) is 7.11. The van der Waals surface area contributed by atoms with Crippen molar-refractivity contribution in [2.75, 3.05) is 46.5 Å². The summed E-state index contributed by atoms with van der Waals surface area (Å²) < 4.78 is 10.3. The molecule has 0 unspecified atom stereocenters. The van der Waals surface area contributed by atoms with Crippen LogP contribution in [0, 0.1) is 0 Å². The highest BCUT2D eigenvalue weighted by molar-refractivity contribution is 5.94. The van der Waals surface area contributed by atoms with Crippen LogP contribution in [0.4, 0.5) is 0 Å². The molecule has 0 bridgehead atoms. The van der Waals surface area contributed by atoms with Gasteiger partial charge in [-0.05, 0) is 24.3 Å². The van der Waals surface area contributed by atoms with Crippen LogP contribution in [0.1, 0.15) is 10.4 Å². The van der Waals surface area contributed by atoms with Crippen molar-refractivity contribution >= 4 is 5.91 Å². The third-order valence-corrected chi connectivity index (χ3v) is 3.17. The topological polar surface area (TPSA) is 50.8 Å². The minimum atomic E-state index is -0.0455. The fraction of sp³-hybridized carbons (Fsp3) is 0.500. The Morgan fingerprint density at radius 1 is 1.32 bits per heavy atom. The quantitative estimate of drug-likeness (QED) is 0.853. The Kier molecular flexibility index (Phi) is 5.18. The van der Waals surface area contributed by atoms with Gasteiger partial charge in [-0.1, -0.05) is 0 Å². The molecule has 1 N–H and O–H groups in total. The minimum absolute atomic E-state index is 0.0455. The van der Waals surface area contributed by atoms with Gasteiger partial charge in [0.05, 0.1) is 20.3 Å². The van der Waals surface area contributed by atoms with Crippen molar-refractivity contribution in [3.8, 4) is 5.75 Å². The lowest BCUT2D eigenvalue weighted by atomic mass is 10.2. The Morgan fingerprint density at radius 3 is 2.63 bits per heavy atom. The van der Waals surface area contributed by atoms with Gasteiger partial charge >= 0.3 is 0 Å². The highest BCUT2D eigenvalue weighted by Crippen LogP contribution is 2.10. The number of hydrogen-bond acceptors (Lipinski definition) is 4. The number of rotatable bonds is 5. The summed E-state index contributed by atoms with van der Waals surface area (Å²) in [5.74, 6) is 0.709. The van der Waals surface area contributed by atoms with Crippen LogP contribution in [0.25, 0.3) is 0 Å². The van der Waals surface area contributed by atoms with E-state index >= 15 is 0 Å². The molecule has 5 nitrogen and oxygen atoms in total. The van der Waals surface area contributed by atoms with E-state index in [4.69, 9.17) is 9.47 Å². The third kappa shape index (κ3) is 4.22. The third-order valence-electron chi connectivity index (χ3n) is 3.17. The zero-order chi connectivity index (χ0) is 13.5. The number of nitrogens with one attached hydrogen (secondary N) is 1. The summed E-state index contributed by atoms with van der Waals surface area (Å²) in [5, 5.41) is 2.92. The van der Waals surface area contributed by atoms with E-state index in [9.17, 15) is 4.79 Å². The highest BCUT2D eigenvalue weighted by atomic mass is 16.5. The van der Waals surface area contributed by atoms with E-state index in [0.29, 0.717) is 12.1 Å². The Morgan fingerprint density at radius 2 is 2.00 bits per heavy atom. The van der Waals surface area contributed by atoms with Crippen molar-refractivity contribution in [1.82, 2.24) is 10.2 Å². The van der Waals surface area contributed by atoms with Crippen LogP contribution in [0.15, 0.2) is 24.3 Å². The van der Waals surface area contributed by atoms with E-state index in [2.05, 4.69) is 10.2 Å². The first-order valence-corrected chi connectivity index (χ1v) is 6.52. The number of carbonyl (C=O) groups is 1. The van der Waals surface area contributed by atoms with Gasteiger partial charge in [0.25, 0.3) is 5.91 Å². The lowest BCUT2D eigenvalue weighted by Crippen LogP contribution is -2.41. The molecule has 1 aliphatic heterocycles. The summed E-state index contributed by atoms with van der Waals surface area (Å²) in [5.41, 5.74) is 0.655. The number of ether oxygens (including phenoxy) is 2. The Balaban J connectivity index is 1.73. The number of morpholine rings is 1. The fourth-order valence-electron chi connectivity index (χ4n) is 2.00. The second-order valence-electron chi connectivity index (χ2n) is 4.44. The summed E-state index contributed by atoms with van der Waals surface area (Å²) in [6.45, 7) is 4.98. The van der Waals surface area contributed by atoms with Crippen molar-refractivity contribution in [2.24, 2.45) is 0 Å². The molecule has 1 saturated heterocycles. The lowest BCUT2D eigenvalue weighted by molar-refractivity contribution is 0.0383. The maximum atomic E-state index is 11.9.